The van der Waals surface area contributed by atoms with Gasteiger partial charge in [0.25, 0.3) is 0 Å². The molecule has 0 radical (unpaired) electrons. The minimum Gasteiger partial charge on any atom is -0.313 e. The smallest absolute Gasteiger partial charge is 0.0197 e. The van der Waals surface area contributed by atoms with Crippen molar-refractivity contribution in [1.82, 2.24) is 10.2 Å². The van der Waals surface area contributed by atoms with E-state index in [9.17, 15) is 0 Å². The average molecular weight is 212 g/mol. The van der Waals surface area contributed by atoms with Crippen molar-refractivity contribution in [2.24, 2.45) is 5.92 Å². The molecule has 0 saturated carbocycles. The van der Waals surface area contributed by atoms with Gasteiger partial charge in [0.05, 0.1) is 0 Å². The van der Waals surface area contributed by atoms with Crippen LogP contribution in [0.25, 0.3) is 0 Å². The third kappa shape index (κ3) is 4.12. The second-order valence-corrected chi connectivity index (χ2v) is 5.13. The van der Waals surface area contributed by atoms with E-state index in [0.29, 0.717) is 6.04 Å². The highest BCUT2D eigenvalue weighted by molar-refractivity contribution is 4.81. The van der Waals surface area contributed by atoms with E-state index in [1.54, 1.807) is 0 Å². The van der Waals surface area contributed by atoms with Gasteiger partial charge in [0.15, 0.2) is 0 Å². The zero-order valence-electron chi connectivity index (χ0n) is 10.9. The molecular weight excluding hydrogens is 184 g/mol. The predicted octanol–water partition coefficient (Wildman–Crippen LogP) is 2.49. The number of nitrogens with zero attached hydrogens (tertiary/aromatic N) is 1. The molecule has 0 spiro atoms. The Kier molecular flexibility index (Phi) is 5.62. The Hall–Kier alpha value is -0.0800. The van der Waals surface area contributed by atoms with E-state index in [1.807, 2.05) is 0 Å². The monoisotopic (exact) mass is 212 g/mol. The first-order chi connectivity index (χ1) is 7.17. The fourth-order valence-corrected chi connectivity index (χ4v) is 2.59. The molecule has 0 aromatic carbocycles. The van der Waals surface area contributed by atoms with Crippen molar-refractivity contribution in [2.45, 2.75) is 59.0 Å². The van der Waals surface area contributed by atoms with E-state index in [2.05, 4.69) is 37.9 Å². The highest BCUT2D eigenvalue weighted by atomic mass is 15.2. The normalized spacial score (nSPS) is 27.6. The maximum atomic E-state index is 3.66. The SMILES string of the molecule is CCC1CCNC(CN(CC)C(C)C)C1. The minimum atomic E-state index is 0.679. The molecule has 0 aromatic heterocycles. The van der Waals surface area contributed by atoms with Gasteiger partial charge in [0, 0.05) is 18.6 Å². The molecule has 15 heavy (non-hydrogen) atoms. The van der Waals surface area contributed by atoms with Crippen molar-refractivity contribution < 1.29 is 0 Å². The van der Waals surface area contributed by atoms with Gasteiger partial charge in [-0.25, -0.2) is 0 Å². The summed E-state index contributed by atoms with van der Waals surface area (Å²) in [5, 5.41) is 3.66. The number of rotatable bonds is 5. The van der Waals surface area contributed by atoms with E-state index < -0.39 is 0 Å². The first-order valence-electron chi connectivity index (χ1n) is 6.64. The summed E-state index contributed by atoms with van der Waals surface area (Å²) in [5.41, 5.74) is 0. The van der Waals surface area contributed by atoms with Gasteiger partial charge in [-0.3, -0.25) is 4.90 Å². The molecule has 1 saturated heterocycles. The maximum Gasteiger partial charge on any atom is 0.0197 e. The zero-order valence-corrected chi connectivity index (χ0v) is 10.9. The first-order valence-corrected chi connectivity index (χ1v) is 6.64. The summed E-state index contributed by atoms with van der Waals surface area (Å²) < 4.78 is 0. The topological polar surface area (TPSA) is 15.3 Å². The van der Waals surface area contributed by atoms with Crippen molar-refractivity contribution >= 4 is 0 Å². The van der Waals surface area contributed by atoms with Crippen molar-refractivity contribution in [3.63, 3.8) is 0 Å². The Labute approximate surface area is 95.4 Å². The van der Waals surface area contributed by atoms with Crippen molar-refractivity contribution in [3.05, 3.63) is 0 Å². The van der Waals surface area contributed by atoms with Crippen LogP contribution >= 0.6 is 0 Å². The molecule has 0 amide bonds. The molecule has 1 aliphatic heterocycles. The van der Waals surface area contributed by atoms with Crippen molar-refractivity contribution in [1.29, 1.82) is 0 Å². The van der Waals surface area contributed by atoms with E-state index >= 15 is 0 Å². The third-order valence-corrected chi connectivity index (χ3v) is 3.77. The van der Waals surface area contributed by atoms with Gasteiger partial charge in [-0.15, -0.1) is 0 Å². The molecule has 2 atom stereocenters. The Morgan fingerprint density at radius 1 is 1.33 bits per heavy atom. The number of piperidine rings is 1. The Morgan fingerprint density at radius 2 is 2.07 bits per heavy atom. The Balaban J connectivity index is 2.36. The van der Waals surface area contributed by atoms with E-state index in [1.165, 1.54) is 38.9 Å². The predicted molar refractivity (Wildman–Crippen MR) is 67.2 cm³/mol. The van der Waals surface area contributed by atoms with Crippen LogP contribution in [-0.2, 0) is 0 Å². The van der Waals surface area contributed by atoms with Crippen LogP contribution in [-0.4, -0.2) is 36.6 Å². The van der Waals surface area contributed by atoms with Crippen molar-refractivity contribution in [2.75, 3.05) is 19.6 Å². The molecule has 1 fully saturated rings. The molecule has 2 heteroatoms. The summed E-state index contributed by atoms with van der Waals surface area (Å²) in [6.07, 6.45) is 4.10. The second-order valence-electron chi connectivity index (χ2n) is 5.13. The zero-order chi connectivity index (χ0) is 11.3. The van der Waals surface area contributed by atoms with E-state index in [-0.39, 0.29) is 0 Å². The number of hydrogen-bond acceptors (Lipinski definition) is 2. The molecule has 90 valence electrons. The first kappa shape index (κ1) is 13.0. The van der Waals surface area contributed by atoms with E-state index in [0.717, 1.165) is 12.0 Å². The standard InChI is InChI=1S/C13H28N2/c1-5-12-7-8-14-13(9-12)10-15(6-2)11(3)4/h11-14H,5-10H2,1-4H3. The Bertz CT molecular complexity index is 168. The summed E-state index contributed by atoms with van der Waals surface area (Å²) in [4.78, 5) is 2.57. The van der Waals surface area contributed by atoms with Gasteiger partial charge in [0.1, 0.15) is 0 Å². The molecule has 2 nitrogen and oxygen atoms in total. The van der Waals surface area contributed by atoms with Gasteiger partial charge in [-0.1, -0.05) is 20.3 Å². The van der Waals surface area contributed by atoms with Crippen LogP contribution in [0, 0.1) is 5.92 Å². The number of nitrogens with one attached hydrogen (secondary N) is 1. The summed E-state index contributed by atoms with van der Waals surface area (Å²) >= 11 is 0. The molecule has 1 rings (SSSR count). The van der Waals surface area contributed by atoms with Gasteiger partial charge in [-0.2, -0.15) is 0 Å². The molecule has 2 unspecified atom stereocenters. The fourth-order valence-electron chi connectivity index (χ4n) is 2.59. The van der Waals surface area contributed by atoms with Crippen molar-refractivity contribution in [3.8, 4) is 0 Å². The van der Waals surface area contributed by atoms with Crippen LogP contribution in [0.5, 0.6) is 0 Å². The lowest BCUT2D eigenvalue weighted by Crippen LogP contribution is -2.47. The lowest BCUT2D eigenvalue weighted by molar-refractivity contribution is 0.176. The van der Waals surface area contributed by atoms with Gasteiger partial charge >= 0.3 is 0 Å². The van der Waals surface area contributed by atoms with Gasteiger partial charge < -0.3 is 5.32 Å². The van der Waals surface area contributed by atoms with Crippen LogP contribution in [0.3, 0.4) is 0 Å². The molecule has 0 bridgehead atoms. The number of likely N-dealkylation sites (N-methyl/N-ethyl adjacent to an activating group) is 1. The van der Waals surface area contributed by atoms with Gasteiger partial charge in [0.2, 0.25) is 0 Å². The highest BCUT2D eigenvalue weighted by Crippen LogP contribution is 2.20. The lowest BCUT2D eigenvalue weighted by Gasteiger charge is -2.35. The second kappa shape index (κ2) is 6.49. The third-order valence-electron chi connectivity index (χ3n) is 3.77. The molecule has 0 aliphatic carbocycles. The fraction of sp³-hybridized carbons (Fsp3) is 1.00. The molecule has 1 aliphatic rings. The molecule has 1 heterocycles. The number of hydrogen-bond donors (Lipinski definition) is 1. The lowest BCUT2D eigenvalue weighted by atomic mass is 9.90. The minimum absolute atomic E-state index is 0.679. The molecule has 1 N–H and O–H groups in total. The molecule has 0 aromatic rings. The van der Waals surface area contributed by atoms with Crippen LogP contribution in [0.1, 0.15) is 47.0 Å². The van der Waals surface area contributed by atoms with E-state index in [4.69, 9.17) is 0 Å². The average Bonchev–Trinajstić information content (AvgIpc) is 2.25. The Morgan fingerprint density at radius 3 is 2.60 bits per heavy atom. The van der Waals surface area contributed by atoms with Crippen LogP contribution in [0.2, 0.25) is 0 Å². The summed E-state index contributed by atoms with van der Waals surface area (Å²) in [6.45, 7) is 12.8. The quantitative estimate of drug-likeness (QED) is 0.753. The summed E-state index contributed by atoms with van der Waals surface area (Å²) in [7, 11) is 0. The summed E-state index contributed by atoms with van der Waals surface area (Å²) in [5.74, 6) is 0.960. The van der Waals surface area contributed by atoms with Crippen LogP contribution in [0.15, 0.2) is 0 Å². The molecular formula is C13H28N2. The highest BCUT2D eigenvalue weighted by Gasteiger charge is 2.22. The van der Waals surface area contributed by atoms with Gasteiger partial charge in [-0.05, 0) is 45.7 Å². The van der Waals surface area contributed by atoms with Crippen LogP contribution < -0.4 is 5.32 Å². The summed E-state index contributed by atoms with van der Waals surface area (Å²) in [6, 6.07) is 1.41. The maximum absolute atomic E-state index is 3.66. The van der Waals surface area contributed by atoms with Crippen LogP contribution in [0.4, 0.5) is 0 Å². The largest absolute Gasteiger partial charge is 0.313 e.